The minimum absolute atomic E-state index is 0.0304. The van der Waals surface area contributed by atoms with Gasteiger partial charge in [-0.15, -0.1) is 0 Å². The molecule has 1 saturated heterocycles. The molecule has 1 aliphatic heterocycles. The maximum absolute atomic E-state index is 15.8. The maximum atomic E-state index is 15.8. The lowest BCUT2D eigenvalue weighted by Gasteiger charge is -2.29. The van der Waals surface area contributed by atoms with Gasteiger partial charge < -0.3 is 30.1 Å². The number of carbonyl (C=O) groups is 3. The Bertz CT molecular complexity index is 3890. The average Bonchev–Trinajstić information content (AvgIpc) is 1.62. The fourth-order valence-electron chi connectivity index (χ4n) is 9.40. The minimum Gasteiger partial charge on any atom is -0.422 e. The van der Waals surface area contributed by atoms with Crippen molar-refractivity contribution < 1.29 is 98.7 Å². The van der Waals surface area contributed by atoms with E-state index in [1.807, 2.05) is 0 Å². The van der Waals surface area contributed by atoms with E-state index in [1.165, 1.54) is 13.8 Å². The highest BCUT2D eigenvalue weighted by atomic mass is 35.5. The molecule has 83 heavy (non-hydrogen) atoms. The Labute approximate surface area is 468 Å². The molecule has 446 valence electrons. The Morgan fingerprint density at radius 1 is 0.976 bits per heavy atom. The molecule has 0 spiro atoms. The van der Waals surface area contributed by atoms with Crippen LogP contribution < -0.4 is 14.9 Å². The van der Waals surface area contributed by atoms with E-state index >= 15 is 8.78 Å². The number of alkyl halides is 8. The number of alkyl carbamates (subject to hydrolysis) is 1. The largest absolute Gasteiger partial charge is 0.472 e. The first-order valence-electron chi connectivity index (χ1n) is 24.0. The predicted molar refractivity (Wildman–Crippen MR) is 271 cm³/mol. The van der Waals surface area contributed by atoms with E-state index in [2.05, 4.69) is 58.8 Å². The zero-order valence-electron chi connectivity index (χ0n) is 43.0. The average molecular weight is 1260 g/mol. The number of urea groups is 1. The first-order valence-corrected chi connectivity index (χ1v) is 29.6. The van der Waals surface area contributed by atoms with Crippen molar-refractivity contribution in [3.63, 3.8) is 0 Å². The Hall–Kier alpha value is -7.00. The van der Waals surface area contributed by atoms with E-state index in [0.717, 1.165) is 47.6 Å². The van der Waals surface area contributed by atoms with E-state index in [1.54, 1.807) is 0 Å². The molecule has 3 aromatic heterocycles. The summed E-state index contributed by atoms with van der Waals surface area (Å²) < 4.78 is 220. The molecular weight excluding hydrogens is 1220 g/mol. The highest BCUT2D eigenvalue weighted by molar-refractivity contribution is 7.93. The van der Waals surface area contributed by atoms with Crippen molar-refractivity contribution in [1.82, 2.24) is 40.1 Å². The number of ether oxygens (including phenoxy) is 1. The minimum atomic E-state index is -5.33. The Kier molecular flexibility index (Phi) is 16.6. The third-order valence-electron chi connectivity index (χ3n) is 13.3. The van der Waals surface area contributed by atoms with Crippen LogP contribution in [0.1, 0.15) is 72.6 Å². The number of rotatable bonds is 16. The number of halogens is 11. The Balaban J connectivity index is 1.30. The zero-order chi connectivity index (χ0) is 61.3. The number of phosphoric ester groups is 1. The van der Waals surface area contributed by atoms with Crippen molar-refractivity contribution in [3.05, 3.63) is 93.0 Å². The molecule has 4 heterocycles. The van der Waals surface area contributed by atoms with Crippen LogP contribution in [0.5, 0.6) is 0 Å². The number of nitrogens with zero attached hydrogens (tertiary/aromatic N) is 7. The Morgan fingerprint density at radius 3 is 2.23 bits per heavy atom. The molecule has 21 nitrogen and oxygen atoms in total. The predicted octanol–water partition coefficient (Wildman–Crippen LogP) is 7.05. The Morgan fingerprint density at radius 2 is 1.64 bits per heavy atom. The maximum Gasteiger partial charge on any atom is 0.472 e. The molecule has 35 heteroatoms. The first-order chi connectivity index (χ1) is 38.3. The summed E-state index contributed by atoms with van der Waals surface area (Å²) in [6, 6.07) is 1.89. The fraction of sp³-hybridized carbons (Fsp3) is 0.417. The molecule has 0 bridgehead atoms. The molecule has 4 N–H and O–H groups in total. The van der Waals surface area contributed by atoms with Crippen molar-refractivity contribution >= 4 is 74.0 Å². The van der Waals surface area contributed by atoms with Crippen LogP contribution in [0.2, 0.25) is 5.02 Å². The fourth-order valence-corrected chi connectivity index (χ4v) is 10.9. The SMILES string of the molecule is CC(C)(C#Cc1ccc(-c2ccc(Cl)c3c(N(C(=O)N4CCC[C@H]4CNC(=O)OCOP(=O)(O)O)S(C)(=O)=O)nn(CC(F)(F)F)c23)c([C@H](Cc2cc(F)cc(F)c2)NC(=O)Cn2nc(C(F)(F)F)c3c2C(F)(F)[C@@H]2C#C[C@H]32)n1)S(C)(=O)=O. The van der Waals surface area contributed by atoms with Crippen LogP contribution in [0.4, 0.5) is 59.3 Å². The van der Waals surface area contributed by atoms with Gasteiger partial charge in [0.05, 0.1) is 45.9 Å². The summed E-state index contributed by atoms with van der Waals surface area (Å²) in [6.07, 6.45) is -11.1. The van der Waals surface area contributed by atoms with Crippen LogP contribution in [-0.2, 0) is 70.1 Å². The van der Waals surface area contributed by atoms with Gasteiger partial charge in [0.1, 0.15) is 46.8 Å². The van der Waals surface area contributed by atoms with E-state index in [9.17, 15) is 70.9 Å². The number of benzene rings is 2. The summed E-state index contributed by atoms with van der Waals surface area (Å²) in [6.45, 7) is -2.98. The quantitative estimate of drug-likeness (QED) is 0.0334. The van der Waals surface area contributed by atoms with Crippen LogP contribution in [0.15, 0.2) is 42.5 Å². The van der Waals surface area contributed by atoms with Crippen molar-refractivity contribution in [2.75, 3.05) is 36.7 Å². The monoisotopic (exact) mass is 1260 g/mol. The number of hydrogen-bond acceptors (Lipinski definition) is 13. The van der Waals surface area contributed by atoms with Gasteiger partial charge in [0.15, 0.2) is 21.3 Å². The molecular formula is C48H43ClF10N9O12PS2. The van der Waals surface area contributed by atoms with Crippen LogP contribution in [0.25, 0.3) is 22.0 Å². The number of hydrogen-bond donors (Lipinski definition) is 4. The number of aromatic nitrogens is 5. The molecule has 4 amide bonds. The van der Waals surface area contributed by atoms with Gasteiger partial charge in [-0.2, -0.15) is 49.6 Å². The van der Waals surface area contributed by atoms with Gasteiger partial charge in [-0.3, -0.25) is 14.2 Å². The van der Waals surface area contributed by atoms with E-state index in [0.29, 0.717) is 12.3 Å². The zero-order valence-corrected chi connectivity index (χ0v) is 46.3. The van der Waals surface area contributed by atoms with E-state index in [-0.39, 0.29) is 49.9 Å². The molecule has 2 aromatic carbocycles. The van der Waals surface area contributed by atoms with Crippen molar-refractivity contribution in [2.24, 2.45) is 5.92 Å². The number of amides is 4. The van der Waals surface area contributed by atoms with Gasteiger partial charge in [0.2, 0.25) is 22.7 Å². The lowest BCUT2D eigenvalue weighted by atomic mass is 9.84. The lowest BCUT2D eigenvalue weighted by Crippen LogP contribution is -2.51. The summed E-state index contributed by atoms with van der Waals surface area (Å²) in [4.78, 5) is 64.4. The van der Waals surface area contributed by atoms with Gasteiger partial charge in [-0.25, -0.2) is 49.3 Å². The molecule has 1 fully saturated rings. The van der Waals surface area contributed by atoms with Crippen LogP contribution in [-0.4, -0.2) is 123 Å². The number of sulfonamides is 1. The van der Waals surface area contributed by atoms with Crippen LogP contribution in [0.3, 0.4) is 0 Å². The van der Waals surface area contributed by atoms with Crippen LogP contribution >= 0.6 is 19.4 Å². The second kappa shape index (κ2) is 22.2. The number of fused-ring (bicyclic) bond motifs is 4. The third kappa shape index (κ3) is 13.2. The van der Waals surface area contributed by atoms with Gasteiger partial charge >= 0.3 is 38.2 Å². The molecule has 2 aliphatic carbocycles. The molecule has 5 aromatic rings. The number of carbonyl (C=O) groups excluding carboxylic acids is 3. The number of nitrogens with one attached hydrogen (secondary N) is 2. The van der Waals surface area contributed by atoms with Crippen molar-refractivity contribution in [2.45, 2.75) is 87.2 Å². The van der Waals surface area contributed by atoms with Gasteiger partial charge in [-0.05, 0) is 74.9 Å². The molecule has 3 aliphatic rings. The molecule has 0 unspecified atom stereocenters. The number of anilines is 1. The number of phosphoric acid groups is 1. The van der Waals surface area contributed by atoms with Crippen molar-refractivity contribution in [1.29, 1.82) is 0 Å². The normalized spacial score (nSPS) is 18.0. The van der Waals surface area contributed by atoms with Crippen LogP contribution in [0, 0.1) is 41.2 Å². The van der Waals surface area contributed by atoms with Gasteiger partial charge in [0.25, 0.3) is 0 Å². The summed E-state index contributed by atoms with van der Waals surface area (Å²) in [5.41, 5.74) is -6.75. The molecule has 0 radical (unpaired) electrons. The molecule has 4 atom stereocenters. The first kappa shape index (κ1) is 62.1. The standard InChI is InChI=1S/C48H43ClF10N9O12PS2/c1-45(2,82(3,75)76)14-13-27-7-8-29(38(61-27)34(18-24-16-25(50)19-26(51)17-24)62-35(69)21-66-41-36(40(63-66)48(57,58)59)31-9-11-32(31)47(41,55)56)30-10-12-33(49)37-39(30)67(22-46(52,53)54)64-42(37)68(83(4,77)78)44(71)65-15-5-6-28(65)20-60-43(70)79-23-80-81(72,73)74/h7-8,10,12,16-17,19,28,31-32,34H,5-6,15,18,20-23H2,1-4H3,(H,60,70)(H,62,69)(H2,72,73,74)/t28-,31-,32+,34-/m0/s1. The second-order valence-electron chi connectivity index (χ2n) is 19.7. The molecule has 0 saturated carbocycles. The highest BCUT2D eigenvalue weighted by Gasteiger charge is 2.62. The smallest absolute Gasteiger partial charge is 0.422 e. The number of likely N-dealkylation sites (tertiary alicyclic amines) is 1. The molecule has 8 rings (SSSR count). The number of sulfone groups is 1. The van der Waals surface area contributed by atoms with Crippen molar-refractivity contribution in [3.8, 4) is 34.8 Å². The van der Waals surface area contributed by atoms with Gasteiger partial charge in [0, 0.05) is 42.1 Å². The summed E-state index contributed by atoms with van der Waals surface area (Å²) in [5.74, 6) is -2.95. The highest BCUT2D eigenvalue weighted by Crippen LogP contribution is 2.58. The third-order valence-corrected chi connectivity index (χ3v) is 17.0. The topological polar surface area (TPSA) is 275 Å². The summed E-state index contributed by atoms with van der Waals surface area (Å²) in [5, 5.41) is 10.7. The summed E-state index contributed by atoms with van der Waals surface area (Å²) >= 11 is 6.74. The summed E-state index contributed by atoms with van der Waals surface area (Å²) in [7, 11) is -14.0. The van der Waals surface area contributed by atoms with E-state index in [4.69, 9.17) is 21.4 Å². The van der Waals surface area contributed by atoms with E-state index < -0.39 is 187 Å². The van der Waals surface area contributed by atoms with Gasteiger partial charge in [-0.1, -0.05) is 35.4 Å². The lowest BCUT2D eigenvalue weighted by molar-refractivity contribution is -0.143. The second-order valence-corrected chi connectivity index (χ2v) is 25.7. The number of pyridine rings is 1.